The third-order valence-electron chi connectivity index (χ3n) is 4.59. The van der Waals surface area contributed by atoms with Gasteiger partial charge in [0.25, 0.3) is 0 Å². The molecule has 1 aromatic heterocycles. The van der Waals surface area contributed by atoms with Crippen LogP contribution in [0.25, 0.3) is 0 Å². The summed E-state index contributed by atoms with van der Waals surface area (Å²) in [5, 5.41) is 0.820. The van der Waals surface area contributed by atoms with Crippen molar-refractivity contribution in [3.63, 3.8) is 0 Å². The minimum absolute atomic E-state index is 0.371. The molecule has 4 heteroatoms. The summed E-state index contributed by atoms with van der Waals surface area (Å²) in [5.41, 5.74) is 2.82. The number of hydrogen-bond donors (Lipinski definition) is 0. The van der Waals surface area contributed by atoms with Gasteiger partial charge < -0.3 is 4.57 Å². The molecule has 0 aliphatic carbocycles. The summed E-state index contributed by atoms with van der Waals surface area (Å²) in [6.07, 6.45) is 10.8. The van der Waals surface area contributed by atoms with Crippen LogP contribution in [-0.2, 0) is 13.0 Å². The highest BCUT2D eigenvalue weighted by atomic mass is 32.2. The lowest BCUT2D eigenvalue weighted by molar-refractivity contribution is 0.574. The number of aromatic nitrogens is 2. The SMILES string of the molecule is CCC1CSC(CCc2ccc(C)cc2)(CCn2ccnc2)S1. The molecule has 1 saturated heterocycles. The second-order valence-electron chi connectivity index (χ2n) is 6.41. The van der Waals surface area contributed by atoms with E-state index in [1.165, 1.54) is 42.6 Å². The zero-order chi connectivity index (χ0) is 16.1. The van der Waals surface area contributed by atoms with Crippen molar-refractivity contribution in [3.05, 3.63) is 54.1 Å². The largest absolute Gasteiger partial charge is 0.337 e. The van der Waals surface area contributed by atoms with Gasteiger partial charge in [-0.1, -0.05) is 36.8 Å². The number of rotatable bonds is 7. The quantitative estimate of drug-likeness (QED) is 0.689. The Kier molecular flexibility index (Phi) is 5.76. The highest BCUT2D eigenvalue weighted by Crippen LogP contribution is 2.53. The average Bonchev–Trinajstić information content (AvgIpc) is 3.23. The smallest absolute Gasteiger partial charge is 0.0945 e. The topological polar surface area (TPSA) is 17.8 Å². The highest BCUT2D eigenvalue weighted by molar-refractivity contribution is 8.21. The van der Waals surface area contributed by atoms with Crippen molar-refractivity contribution in [3.8, 4) is 0 Å². The first-order chi connectivity index (χ1) is 11.2. The zero-order valence-electron chi connectivity index (χ0n) is 14.1. The first-order valence-electron chi connectivity index (χ1n) is 8.52. The third kappa shape index (κ3) is 4.57. The molecule has 2 atom stereocenters. The molecule has 23 heavy (non-hydrogen) atoms. The van der Waals surface area contributed by atoms with Crippen LogP contribution in [0, 0.1) is 6.92 Å². The number of thioether (sulfide) groups is 2. The Morgan fingerprint density at radius 1 is 1.26 bits per heavy atom. The molecule has 1 aliphatic heterocycles. The van der Waals surface area contributed by atoms with Crippen LogP contribution in [0.1, 0.15) is 37.3 Å². The minimum Gasteiger partial charge on any atom is -0.337 e. The third-order valence-corrected chi connectivity index (χ3v) is 8.62. The molecule has 2 unspecified atom stereocenters. The summed E-state index contributed by atoms with van der Waals surface area (Å²) in [4.78, 5) is 4.17. The molecule has 1 fully saturated rings. The minimum atomic E-state index is 0.371. The van der Waals surface area contributed by atoms with Crippen LogP contribution in [-0.4, -0.2) is 24.6 Å². The van der Waals surface area contributed by atoms with E-state index in [0.717, 1.165) is 11.8 Å². The van der Waals surface area contributed by atoms with Crippen molar-refractivity contribution >= 4 is 23.5 Å². The van der Waals surface area contributed by atoms with Crippen LogP contribution >= 0.6 is 23.5 Å². The van der Waals surface area contributed by atoms with Crippen molar-refractivity contribution in [1.82, 2.24) is 9.55 Å². The normalized spacial score (nSPS) is 24.2. The van der Waals surface area contributed by atoms with E-state index in [2.05, 4.69) is 77.4 Å². The Balaban J connectivity index is 1.64. The number of aryl methyl sites for hydroxylation is 3. The molecule has 0 saturated carbocycles. The van der Waals surface area contributed by atoms with Gasteiger partial charge in [0, 0.05) is 29.9 Å². The van der Waals surface area contributed by atoms with Crippen molar-refractivity contribution < 1.29 is 0 Å². The maximum Gasteiger partial charge on any atom is 0.0945 e. The van der Waals surface area contributed by atoms with Gasteiger partial charge in [-0.2, -0.15) is 0 Å². The molecule has 3 rings (SSSR count). The first kappa shape index (κ1) is 17.0. The molecule has 2 nitrogen and oxygen atoms in total. The van der Waals surface area contributed by atoms with Gasteiger partial charge in [0.05, 0.1) is 10.4 Å². The maximum atomic E-state index is 4.17. The fourth-order valence-electron chi connectivity index (χ4n) is 3.01. The number of imidazole rings is 1. The number of hydrogen-bond acceptors (Lipinski definition) is 3. The van der Waals surface area contributed by atoms with E-state index < -0.39 is 0 Å². The number of benzene rings is 1. The van der Waals surface area contributed by atoms with Crippen molar-refractivity contribution in [1.29, 1.82) is 0 Å². The van der Waals surface area contributed by atoms with Crippen LogP contribution in [0.4, 0.5) is 0 Å². The Morgan fingerprint density at radius 3 is 2.74 bits per heavy atom. The molecule has 2 aromatic rings. The summed E-state index contributed by atoms with van der Waals surface area (Å²) in [6, 6.07) is 9.05. The fraction of sp³-hybridized carbons (Fsp3) is 0.526. The van der Waals surface area contributed by atoms with Crippen LogP contribution < -0.4 is 0 Å². The molecule has 0 spiro atoms. The van der Waals surface area contributed by atoms with Gasteiger partial charge in [-0.15, -0.1) is 23.5 Å². The lowest BCUT2D eigenvalue weighted by Gasteiger charge is -2.28. The van der Waals surface area contributed by atoms with Crippen molar-refractivity contribution in [2.45, 2.75) is 55.4 Å². The zero-order valence-corrected chi connectivity index (χ0v) is 15.7. The lowest BCUT2D eigenvalue weighted by atomic mass is 10.0. The van der Waals surface area contributed by atoms with E-state index in [-0.39, 0.29) is 0 Å². The van der Waals surface area contributed by atoms with Crippen LogP contribution in [0.15, 0.2) is 43.0 Å². The maximum absolute atomic E-state index is 4.17. The Morgan fingerprint density at radius 2 is 2.09 bits per heavy atom. The second kappa shape index (κ2) is 7.80. The summed E-state index contributed by atoms with van der Waals surface area (Å²) in [5.74, 6) is 1.30. The van der Waals surface area contributed by atoms with Gasteiger partial charge in [-0.25, -0.2) is 4.98 Å². The Bertz CT molecular complexity index is 594. The van der Waals surface area contributed by atoms with Gasteiger partial charge in [0.15, 0.2) is 0 Å². The summed E-state index contributed by atoms with van der Waals surface area (Å²) >= 11 is 4.43. The van der Waals surface area contributed by atoms with Gasteiger partial charge in [0.1, 0.15) is 0 Å². The highest BCUT2D eigenvalue weighted by Gasteiger charge is 2.39. The van der Waals surface area contributed by atoms with Crippen LogP contribution in [0.3, 0.4) is 0 Å². The molecule has 0 N–H and O–H groups in total. The van der Waals surface area contributed by atoms with E-state index in [0.29, 0.717) is 4.08 Å². The molecule has 1 aromatic carbocycles. The predicted molar refractivity (Wildman–Crippen MR) is 103 cm³/mol. The molecule has 124 valence electrons. The average molecular weight is 347 g/mol. The van der Waals surface area contributed by atoms with Gasteiger partial charge in [-0.3, -0.25) is 0 Å². The van der Waals surface area contributed by atoms with Gasteiger partial charge in [0.2, 0.25) is 0 Å². The monoisotopic (exact) mass is 346 g/mol. The van der Waals surface area contributed by atoms with Crippen molar-refractivity contribution in [2.24, 2.45) is 0 Å². The Labute approximate surface area is 148 Å². The fourth-order valence-corrected chi connectivity index (χ4v) is 6.78. The van der Waals surface area contributed by atoms with Crippen LogP contribution in [0.2, 0.25) is 0 Å². The van der Waals surface area contributed by atoms with E-state index >= 15 is 0 Å². The Hall–Kier alpha value is -0.870. The lowest BCUT2D eigenvalue weighted by Crippen LogP contribution is -2.21. The van der Waals surface area contributed by atoms with E-state index in [9.17, 15) is 0 Å². The molecule has 0 amide bonds. The number of nitrogens with zero attached hydrogens (tertiary/aromatic N) is 2. The van der Waals surface area contributed by atoms with E-state index in [1.807, 2.05) is 12.5 Å². The predicted octanol–water partition coefficient (Wildman–Crippen LogP) is 5.17. The molecular weight excluding hydrogens is 320 g/mol. The van der Waals surface area contributed by atoms with Crippen LogP contribution in [0.5, 0.6) is 0 Å². The molecule has 1 aliphatic rings. The standard InChI is InChI=1S/C19H26N2S2/c1-3-18-14-22-19(23-18,10-12-21-13-11-20-15-21)9-8-17-6-4-16(2)5-7-17/h4-7,11,13,15,18H,3,8-10,12,14H2,1-2H3. The first-order valence-corrected chi connectivity index (χ1v) is 10.4. The van der Waals surface area contributed by atoms with E-state index in [4.69, 9.17) is 0 Å². The molecular formula is C19H26N2S2. The summed E-state index contributed by atoms with van der Waals surface area (Å²) in [7, 11) is 0. The molecule has 0 bridgehead atoms. The van der Waals surface area contributed by atoms with Gasteiger partial charge >= 0.3 is 0 Å². The molecule has 2 heterocycles. The summed E-state index contributed by atoms with van der Waals surface area (Å²) < 4.78 is 2.59. The second-order valence-corrected chi connectivity index (χ2v) is 9.75. The summed E-state index contributed by atoms with van der Waals surface area (Å²) in [6.45, 7) is 5.55. The van der Waals surface area contributed by atoms with Crippen molar-refractivity contribution in [2.75, 3.05) is 5.75 Å². The van der Waals surface area contributed by atoms with Gasteiger partial charge in [-0.05, 0) is 38.2 Å². The molecule has 0 radical (unpaired) electrons. The van der Waals surface area contributed by atoms with E-state index in [1.54, 1.807) is 0 Å².